The molecule has 0 aliphatic heterocycles. The minimum atomic E-state index is -0.306. The Labute approximate surface area is 130 Å². The van der Waals surface area contributed by atoms with Crippen LogP contribution in [-0.4, -0.2) is 32.7 Å². The Bertz CT molecular complexity index is 611. The summed E-state index contributed by atoms with van der Waals surface area (Å²) in [5.74, 6) is 1.84. The molecule has 0 bridgehead atoms. The molecular weight excluding hydrogens is 276 g/mol. The molecule has 5 heteroatoms. The van der Waals surface area contributed by atoms with Crippen LogP contribution >= 0.6 is 0 Å². The highest BCUT2D eigenvalue weighted by molar-refractivity contribution is 5.56. The summed E-state index contributed by atoms with van der Waals surface area (Å²) in [4.78, 5) is 13.1. The maximum Gasteiger partial charge on any atom is 0.163 e. The molecule has 2 N–H and O–H groups in total. The number of aromatic nitrogens is 3. The fraction of sp³-hybridized carbons (Fsp3) is 0.471. The van der Waals surface area contributed by atoms with Gasteiger partial charge in [0.2, 0.25) is 0 Å². The van der Waals surface area contributed by atoms with Gasteiger partial charge in [-0.15, -0.1) is 0 Å². The third-order valence-corrected chi connectivity index (χ3v) is 4.21. The van der Waals surface area contributed by atoms with Gasteiger partial charge >= 0.3 is 0 Å². The highest BCUT2D eigenvalue weighted by atomic mass is 16.3. The lowest BCUT2D eigenvalue weighted by Gasteiger charge is -2.18. The smallest absolute Gasteiger partial charge is 0.163 e. The van der Waals surface area contributed by atoms with Crippen LogP contribution in [-0.2, 0) is 0 Å². The molecule has 2 heterocycles. The Morgan fingerprint density at radius 1 is 1.32 bits per heavy atom. The molecule has 1 saturated carbocycles. The van der Waals surface area contributed by atoms with Crippen molar-refractivity contribution >= 4 is 5.82 Å². The second-order valence-corrected chi connectivity index (χ2v) is 5.95. The van der Waals surface area contributed by atoms with Crippen molar-refractivity contribution in [1.29, 1.82) is 0 Å². The highest BCUT2D eigenvalue weighted by Crippen LogP contribution is 2.27. The van der Waals surface area contributed by atoms with Crippen molar-refractivity contribution in [2.24, 2.45) is 5.92 Å². The Balaban J connectivity index is 1.70. The third-order valence-electron chi connectivity index (χ3n) is 4.21. The molecule has 3 rings (SSSR count). The molecule has 0 saturated heterocycles. The van der Waals surface area contributed by atoms with E-state index in [0.717, 1.165) is 29.9 Å². The van der Waals surface area contributed by atoms with E-state index < -0.39 is 0 Å². The first-order valence-electron chi connectivity index (χ1n) is 7.90. The topological polar surface area (TPSA) is 70.9 Å². The molecule has 116 valence electrons. The van der Waals surface area contributed by atoms with E-state index in [1.165, 1.54) is 12.8 Å². The summed E-state index contributed by atoms with van der Waals surface area (Å²) < 4.78 is 0. The number of nitrogens with zero attached hydrogens (tertiary/aromatic N) is 3. The van der Waals surface area contributed by atoms with Crippen molar-refractivity contribution in [2.45, 2.75) is 38.7 Å². The number of aliphatic hydroxyl groups is 1. The largest absolute Gasteiger partial charge is 0.391 e. The van der Waals surface area contributed by atoms with E-state index >= 15 is 0 Å². The van der Waals surface area contributed by atoms with Gasteiger partial charge in [-0.25, -0.2) is 9.97 Å². The maximum atomic E-state index is 10.2. The maximum absolute atomic E-state index is 10.2. The van der Waals surface area contributed by atoms with Gasteiger partial charge in [0.1, 0.15) is 5.82 Å². The van der Waals surface area contributed by atoms with E-state index in [4.69, 9.17) is 0 Å². The van der Waals surface area contributed by atoms with Crippen molar-refractivity contribution in [2.75, 3.05) is 11.9 Å². The van der Waals surface area contributed by atoms with E-state index in [2.05, 4.69) is 20.3 Å². The summed E-state index contributed by atoms with van der Waals surface area (Å²) in [6, 6.07) is 5.72. The Morgan fingerprint density at radius 3 is 2.86 bits per heavy atom. The predicted octanol–water partition coefficient (Wildman–Crippen LogP) is 2.81. The lowest BCUT2D eigenvalue weighted by molar-refractivity contribution is 0.122. The normalized spacial score (nSPS) is 16.6. The highest BCUT2D eigenvalue weighted by Gasteiger charge is 2.22. The molecule has 1 aliphatic rings. The predicted molar refractivity (Wildman–Crippen MR) is 86.5 cm³/mol. The Kier molecular flexibility index (Phi) is 4.63. The van der Waals surface area contributed by atoms with Crippen LogP contribution in [0.5, 0.6) is 0 Å². The number of pyridine rings is 1. The van der Waals surface area contributed by atoms with Crippen LogP contribution < -0.4 is 5.32 Å². The van der Waals surface area contributed by atoms with Crippen LogP contribution in [0.15, 0.2) is 30.6 Å². The number of aliphatic hydroxyl groups excluding tert-OH is 1. The van der Waals surface area contributed by atoms with Gasteiger partial charge in [0.25, 0.3) is 0 Å². The van der Waals surface area contributed by atoms with Gasteiger partial charge in [-0.05, 0) is 37.8 Å². The minimum absolute atomic E-state index is 0.306. The SMILES string of the molecule is Cc1cc(NCC(O)C2CCCC2)nc(-c2cccnc2)n1. The molecule has 0 spiro atoms. The van der Waals surface area contributed by atoms with E-state index in [1.54, 1.807) is 12.4 Å². The first-order valence-corrected chi connectivity index (χ1v) is 7.90. The summed E-state index contributed by atoms with van der Waals surface area (Å²) in [6.07, 6.45) is 7.92. The first-order chi connectivity index (χ1) is 10.7. The van der Waals surface area contributed by atoms with Crippen molar-refractivity contribution in [1.82, 2.24) is 15.0 Å². The van der Waals surface area contributed by atoms with Gasteiger partial charge < -0.3 is 10.4 Å². The molecule has 2 aromatic rings. The lowest BCUT2D eigenvalue weighted by Crippen LogP contribution is -2.27. The standard InChI is InChI=1S/C17H22N4O/c1-12-9-16(19-11-15(22)13-5-2-3-6-13)21-17(20-12)14-7-4-8-18-10-14/h4,7-10,13,15,22H,2-3,5-6,11H2,1H3,(H,19,20,21). The van der Waals surface area contributed by atoms with E-state index in [1.807, 2.05) is 25.1 Å². The van der Waals surface area contributed by atoms with Gasteiger partial charge in [0, 0.05) is 36.3 Å². The van der Waals surface area contributed by atoms with Crippen molar-refractivity contribution in [3.05, 3.63) is 36.3 Å². The number of nitrogens with one attached hydrogen (secondary N) is 1. The molecule has 0 amide bonds. The average Bonchev–Trinajstić information content (AvgIpc) is 3.07. The lowest BCUT2D eigenvalue weighted by atomic mass is 10.0. The van der Waals surface area contributed by atoms with Gasteiger partial charge in [-0.3, -0.25) is 4.98 Å². The van der Waals surface area contributed by atoms with Gasteiger partial charge in [0.05, 0.1) is 6.10 Å². The Morgan fingerprint density at radius 2 is 2.14 bits per heavy atom. The first kappa shape index (κ1) is 14.9. The van der Waals surface area contributed by atoms with E-state index in [0.29, 0.717) is 18.3 Å². The molecule has 1 unspecified atom stereocenters. The van der Waals surface area contributed by atoms with Crippen LogP contribution in [0.2, 0.25) is 0 Å². The van der Waals surface area contributed by atoms with Crippen molar-refractivity contribution in [3.63, 3.8) is 0 Å². The fourth-order valence-electron chi connectivity index (χ4n) is 3.00. The number of anilines is 1. The molecule has 22 heavy (non-hydrogen) atoms. The molecule has 1 atom stereocenters. The summed E-state index contributed by atoms with van der Waals surface area (Å²) in [7, 11) is 0. The zero-order valence-electron chi connectivity index (χ0n) is 12.9. The zero-order valence-corrected chi connectivity index (χ0v) is 12.9. The quantitative estimate of drug-likeness (QED) is 0.888. The summed E-state index contributed by atoms with van der Waals surface area (Å²) in [6.45, 7) is 2.48. The summed E-state index contributed by atoms with van der Waals surface area (Å²) >= 11 is 0. The molecule has 2 aromatic heterocycles. The number of aryl methyl sites for hydroxylation is 1. The van der Waals surface area contributed by atoms with E-state index in [9.17, 15) is 5.11 Å². The van der Waals surface area contributed by atoms with Gasteiger partial charge in [0.15, 0.2) is 5.82 Å². The van der Waals surface area contributed by atoms with Crippen LogP contribution in [0.3, 0.4) is 0 Å². The zero-order chi connectivity index (χ0) is 15.4. The molecule has 5 nitrogen and oxygen atoms in total. The molecule has 0 aromatic carbocycles. The van der Waals surface area contributed by atoms with Crippen molar-refractivity contribution < 1.29 is 5.11 Å². The van der Waals surface area contributed by atoms with E-state index in [-0.39, 0.29) is 6.10 Å². The summed E-state index contributed by atoms with van der Waals surface area (Å²) in [5, 5.41) is 13.5. The Hall–Kier alpha value is -2.01. The van der Waals surface area contributed by atoms with Crippen LogP contribution in [0.1, 0.15) is 31.4 Å². The third kappa shape index (κ3) is 3.60. The van der Waals surface area contributed by atoms with Crippen LogP contribution in [0.4, 0.5) is 5.82 Å². The molecule has 0 radical (unpaired) electrons. The average molecular weight is 298 g/mol. The van der Waals surface area contributed by atoms with Gasteiger partial charge in [-0.1, -0.05) is 12.8 Å². The second-order valence-electron chi connectivity index (χ2n) is 5.95. The van der Waals surface area contributed by atoms with Crippen molar-refractivity contribution in [3.8, 4) is 11.4 Å². The monoisotopic (exact) mass is 298 g/mol. The number of hydrogen-bond donors (Lipinski definition) is 2. The van der Waals surface area contributed by atoms with Crippen LogP contribution in [0.25, 0.3) is 11.4 Å². The number of hydrogen-bond acceptors (Lipinski definition) is 5. The van der Waals surface area contributed by atoms with Crippen LogP contribution in [0, 0.1) is 12.8 Å². The second kappa shape index (κ2) is 6.83. The minimum Gasteiger partial charge on any atom is -0.391 e. The number of rotatable bonds is 5. The molecule has 1 aliphatic carbocycles. The fourth-order valence-corrected chi connectivity index (χ4v) is 3.00. The summed E-state index contributed by atoms with van der Waals surface area (Å²) in [5.41, 5.74) is 1.79. The molecular formula is C17H22N4O. The van der Waals surface area contributed by atoms with Gasteiger partial charge in [-0.2, -0.15) is 0 Å². The molecule has 1 fully saturated rings.